The molecule has 2 saturated heterocycles. The molecular weight excluding hydrogens is 431 g/mol. The second-order valence-electron chi connectivity index (χ2n) is 9.43. The molecular formula is C24H30F3N5O. The maximum Gasteiger partial charge on any atom is 0.417 e. The van der Waals surface area contributed by atoms with E-state index in [9.17, 15) is 13.2 Å². The standard InChI is InChI=1S/C24H30F3N5O/c1-15-8-22(20-11-28-5-2-21(20)24(25,26)27)30-31-23(15)29-19-9-17-13-32(14-18(17)10-19)12-16-3-6-33-7-4-16/h2,5,8,11,16-19H,3-4,6-7,9-10,12-14H2,1H3,(H,29,31)/t17-,18+,19?/i12D2. The van der Waals surface area contributed by atoms with Crippen LogP contribution in [0.25, 0.3) is 11.3 Å². The molecule has 0 spiro atoms. The first-order valence-corrected chi connectivity index (χ1v) is 11.6. The summed E-state index contributed by atoms with van der Waals surface area (Å²) in [6, 6.07) is 2.74. The highest BCUT2D eigenvalue weighted by Gasteiger charge is 2.41. The average Bonchev–Trinajstić information content (AvgIpc) is 3.40. The van der Waals surface area contributed by atoms with E-state index in [1.807, 2.05) is 11.8 Å². The lowest BCUT2D eigenvalue weighted by Crippen LogP contribution is -2.32. The molecule has 1 saturated carbocycles. The van der Waals surface area contributed by atoms with Crippen LogP contribution in [0.2, 0.25) is 0 Å². The van der Waals surface area contributed by atoms with Crippen molar-refractivity contribution in [3.05, 3.63) is 35.7 Å². The topological polar surface area (TPSA) is 63.2 Å². The Morgan fingerprint density at radius 3 is 2.58 bits per heavy atom. The summed E-state index contributed by atoms with van der Waals surface area (Å²) in [6.07, 6.45) is 1.14. The Labute approximate surface area is 194 Å². The van der Waals surface area contributed by atoms with Gasteiger partial charge in [0, 0.05) is 59.5 Å². The predicted octanol–water partition coefficient (Wildman–Crippen LogP) is 4.41. The van der Waals surface area contributed by atoms with Gasteiger partial charge in [-0.25, -0.2) is 0 Å². The van der Waals surface area contributed by atoms with Gasteiger partial charge in [-0.1, -0.05) is 0 Å². The zero-order chi connectivity index (χ0) is 24.8. The van der Waals surface area contributed by atoms with E-state index < -0.39 is 18.2 Å². The predicted molar refractivity (Wildman–Crippen MR) is 119 cm³/mol. The maximum atomic E-state index is 13.4. The molecule has 4 heterocycles. The van der Waals surface area contributed by atoms with Gasteiger partial charge in [-0.2, -0.15) is 13.2 Å². The molecule has 3 fully saturated rings. The van der Waals surface area contributed by atoms with Gasteiger partial charge in [0.1, 0.15) is 0 Å². The van der Waals surface area contributed by atoms with E-state index in [2.05, 4.69) is 20.5 Å². The largest absolute Gasteiger partial charge is 0.417 e. The van der Waals surface area contributed by atoms with Gasteiger partial charge in [0.15, 0.2) is 5.82 Å². The number of hydrogen-bond acceptors (Lipinski definition) is 6. The monoisotopic (exact) mass is 463 g/mol. The summed E-state index contributed by atoms with van der Waals surface area (Å²) >= 11 is 0. The lowest BCUT2D eigenvalue weighted by atomic mass is 10.00. The number of likely N-dealkylation sites (tertiary alicyclic amines) is 1. The molecule has 0 bridgehead atoms. The minimum absolute atomic E-state index is 0.0121. The molecule has 0 aromatic carbocycles. The minimum Gasteiger partial charge on any atom is -0.381 e. The number of halogens is 3. The number of nitrogens with zero attached hydrogens (tertiary/aromatic N) is 4. The van der Waals surface area contributed by atoms with E-state index in [1.54, 1.807) is 6.07 Å². The van der Waals surface area contributed by atoms with Crippen molar-refractivity contribution in [2.75, 3.05) is 38.1 Å². The molecule has 9 heteroatoms. The third-order valence-electron chi connectivity index (χ3n) is 7.07. The van der Waals surface area contributed by atoms with Crippen molar-refractivity contribution < 1.29 is 20.6 Å². The molecule has 1 N–H and O–H groups in total. The van der Waals surface area contributed by atoms with Crippen molar-refractivity contribution in [1.29, 1.82) is 0 Å². The fraction of sp³-hybridized carbons (Fsp3) is 0.625. The third-order valence-corrected chi connectivity index (χ3v) is 7.07. The van der Waals surface area contributed by atoms with Crippen molar-refractivity contribution in [1.82, 2.24) is 20.1 Å². The van der Waals surface area contributed by atoms with Crippen molar-refractivity contribution in [2.24, 2.45) is 17.8 Å². The van der Waals surface area contributed by atoms with Crippen LogP contribution in [0.1, 0.15) is 39.6 Å². The number of alkyl halides is 3. The summed E-state index contributed by atoms with van der Waals surface area (Å²) in [4.78, 5) is 5.86. The van der Waals surface area contributed by atoms with Gasteiger partial charge in [0.25, 0.3) is 0 Å². The van der Waals surface area contributed by atoms with E-state index in [1.165, 1.54) is 6.20 Å². The fourth-order valence-corrected chi connectivity index (χ4v) is 5.41. The lowest BCUT2D eigenvalue weighted by Gasteiger charge is -2.27. The molecule has 1 unspecified atom stereocenters. The number of pyridine rings is 1. The molecule has 2 aromatic heterocycles. The Hall–Kier alpha value is -2.26. The number of nitrogens with one attached hydrogen (secondary N) is 1. The van der Waals surface area contributed by atoms with Gasteiger partial charge in [-0.05, 0) is 68.1 Å². The molecule has 3 atom stereocenters. The van der Waals surface area contributed by atoms with E-state index in [0.717, 1.165) is 56.6 Å². The average molecular weight is 464 g/mol. The summed E-state index contributed by atoms with van der Waals surface area (Å²) in [7, 11) is 0. The molecule has 0 radical (unpaired) electrons. The first-order valence-electron chi connectivity index (χ1n) is 12.6. The normalized spacial score (nSPS) is 27.8. The van der Waals surface area contributed by atoms with Gasteiger partial charge in [-0.15, -0.1) is 10.2 Å². The smallest absolute Gasteiger partial charge is 0.381 e. The molecule has 33 heavy (non-hydrogen) atoms. The molecule has 2 aliphatic heterocycles. The van der Waals surface area contributed by atoms with Gasteiger partial charge in [0.05, 0.1) is 11.3 Å². The van der Waals surface area contributed by atoms with Crippen molar-refractivity contribution >= 4 is 5.82 Å². The first kappa shape index (κ1) is 20.1. The number of anilines is 1. The summed E-state index contributed by atoms with van der Waals surface area (Å²) in [5, 5.41) is 11.7. The van der Waals surface area contributed by atoms with Crippen LogP contribution >= 0.6 is 0 Å². The SMILES string of the molecule is [2H]C([2H])(C1CCOCC1)N1C[C@H]2CC(Nc3nnc(-c4cnccc4C(F)(F)F)cc3C)C[C@H]2C1. The Morgan fingerprint density at radius 1 is 1.18 bits per heavy atom. The second kappa shape index (κ2) is 9.18. The van der Waals surface area contributed by atoms with Crippen LogP contribution < -0.4 is 5.32 Å². The van der Waals surface area contributed by atoms with Crippen LogP contribution in [0, 0.1) is 24.7 Å². The molecule has 3 aliphatic rings. The zero-order valence-corrected chi connectivity index (χ0v) is 18.6. The first-order chi connectivity index (χ1) is 16.6. The molecule has 178 valence electrons. The number of ether oxygens (including phenoxy) is 1. The number of rotatable bonds is 5. The van der Waals surface area contributed by atoms with Crippen molar-refractivity contribution in [3.63, 3.8) is 0 Å². The van der Waals surface area contributed by atoms with Crippen LogP contribution in [0.15, 0.2) is 24.5 Å². The van der Waals surface area contributed by atoms with E-state index in [-0.39, 0.29) is 23.2 Å². The van der Waals surface area contributed by atoms with Gasteiger partial charge in [-0.3, -0.25) is 4.98 Å². The van der Waals surface area contributed by atoms with Crippen molar-refractivity contribution in [3.8, 4) is 11.3 Å². The molecule has 2 aromatic rings. The second-order valence-corrected chi connectivity index (χ2v) is 9.43. The summed E-state index contributed by atoms with van der Waals surface area (Å²) in [5.41, 5.74) is -0.00333. The van der Waals surface area contributed by atoms with Gasteiger partial charge < -0.3 is 15.0 Å². The fourth-order valence-electron chi connectivity index (χ4n) is 5.41. The van der Waals surface area contributed by atoms with Gasteiger partial charge >= 0.3 is 6.18 Å². The number of fused-ring (bicyclic) bond motifs is 1. The van der Waals surface area contributed by atoms with E-state index >= 15 is 0 Å². The maximum absolute atomic E-state index is 13.4. The molecule has 0 amide bonds. The Balaban J connectivity index is 1.23. The Bertz CT molecular complexity index is 1050. The number of hydrogen-bond donors (Lipinski definition) is 1. The van der Waals surface area contributed by atoms with Crippen LogP contribution in [-0.2, 0) is 10.9 Å². The summed E-state index contributed by atoms with van der Waals surface area (Å²) < 4.78 is 63.0. The van der Waals surface area contributed by atoms with Crippen LogP contribution in [-0.4, -0.2) is 58.9 Å². The molecule has 6 nitrogen and oxygen atoms in total. The number of aromatic nitrogens is 3. The van der Waals surface area contributed by atoms with Crippen LogP contribution in [0.3, 0.4) is 0 Å². The van der Waals surface area contributed by atoms with E-state index in [4.69, 9.17) is 7.48 Å². The Kier molecular flexibility index (Phi) is 5.60. The van der Waals surface area contributed by atoms with Crippen LogP contribution in [0.5, 0.6) is 0 Å². The highest BCUT2D eigenvalue weighted by Crippen LogP contribution is 2.40. The highest BCUT2D eigenvalue weighted by atomic mass is 19.4. The summed E-state index contributed by atoms with van der Waals surface area (Å²) in [6.45, 7) is 3.26. The molecule has 1 aliphatic carbocycles. The third kappa shape index (κ3) is 4.99. The highest BCUT2D eigenvalue weighted by molar-refractivity contribution is 5.65. The molecule has 5 rings (SSSR count). The number of aryl methyl sites for hydroxylation is 1. The summed E-state index contributed by atoms with van der Waals surface area (Å²) in [5.74, 6) is 1.42. The minimum atomic E-state index is -4.50. The zero-order valence-electron chi connectivity index (χ0n) is 20.6. The van der Waals surface area contributed by atoms with Gasteiger partial charge in [0.2, 0.25) is 0 Å². The lowest BCUT2D eigenvalue weighted by molar-refractivity contribution is -0.137. The van der Waals surface area contributed by atoms with Crippen molar-refractivity contribution in [2.45, 2.75) is 44.8 Å². The van der Waals surface area contributed by atoms with E-state index in [0.29, 0.717) is 30.9 Å². The van der Waals surface area contributed by atoms with Crippen LogP contribution in [0.4, 0.5) is 19.0 Å². The quantitative estimate of drug-likeness (QED) is 0.709. The Morgan fingerprint density at radius 2 is 1.91 bits per heavy atom.